The van der Waals surface area contributed by atoms with Gasteiger partial charge in [-0.2, -0.15) is 0 Å². The van der Waals surface area contributed by atoms with Crippen molar-refractivity contribution in [2.75, 3.05) is 0 Å². The molecule has 0 aromatic heterocycles. The first-order valence-corrected chi connectivity index (χ1v) is 15.6. The zero-order valence-corrected chi connectivity index (χ0v) is 31.0. The summed E-state index contributed by atoms with van der Waals surface area (Å²) in [7, 11) is 0. The Morgan fingerprint density at radius 2 is 0.907 bits per heavy atom. The number of carbonyl (C=O) groups is 4. The average Bonchev–Trinajstić information content (AvgIpc) is 3.22. The Labute approximate surface area is 332 Å². The molecule has 0 amide bonds. The second-order valence-electron chi connectivity index (χ2n) is 10.7. The first kappa shape index (κ1) is 43.9. The number of nitrogens with zero attached hydrogens (tertiary/aromatic N) is 2. The molecule has 0 unspecified atom stereocenters. The molecule has 6 N–H and O–H groups in total. The van der Waals surface area contributed by atoms with E-state index in [1.807, 2.05) is 35.9 Å². The predicted octanol–water partition coefficient (Wildman–Crippen LogP) is 4.87. The maximum Gasteiger partial charge on any atom is 1.00 e. The summed E-state index contributed by atoms with van der Waals surface area (Å²) in [5.74, 6) is -0.286. The Hall–Kier alpha value is -6.28. The number of rotatable bonds is 9. The number of phenolic OH excluding ortho intramolecular Hbond substituents is 2. The Balaban J connectivity index is 0.000000265. The minimum Gasteiger partial charge on any atom is -0.508 e. The largest absolute Gasteiger partial charge is 1.00 e. The monoisotopic (exact) mass is 735 g/mol. The standard InChI is InChI=1S/C14H12O3.C14H10O3.C13H10O2.H2N3O.Na/c2*15-9-12-8-11(6-7-13(12)16)14(17)10-4-2-1-3-5-10;14-12-8-6-11(7-9-12)13(15)10-4-2-1-3-5-10;1-2-3-4;/h1-8,15-16H,9H2;1-9,16H;1-9,14H;(H2-,1,2,3,4);/q;;;-1;+1. The fourth-order valence-electron chi connectivity index (χ4n) is 4.52. The van der Waals surface area contributed by atoms with Crippen molar-refractivity contribution in [1.82, 2.24) is 0 Å². The van der Waals surface area contributed by atoms with Crippen molar-refractivity contribution in [2.45, 2.75) is 6.61 Å². The summed E-state index contributed by atoms with van der Waals surface area (Å²) < 4.78 is 0. The molecule has 0 bridgehead atoms. The summed E-state index contributed by atoms with van der Waals surface area (Å²) in [4.78, 5) is 46.6. The van der Waals surface area contributed by atoms with Crippen LogP contribution in [0.25, 0.3) is 5.59 Å². The van der Waals surface area contributed by atoms with E-state index in [0.717, 1.165) is 0 Å². The van der Waals surface area contributed by atoms with E-state index in [4.69, 9.17) is 21.0 Å². The zero-order chi connectivity index (χ0) is 38.6. The molecule has 54 heavy (non-hydrogen) atoms. The van der Waals surface area contributed by atoms with Gasteiger partial charge in [-0.05, 0) is 60.7 Å². The normalized spacial score (nSPS) is 9.44. The molecule has 0 aliphatic carbocycles. The number of aromatic hydroxyl groups is 3. The molecule has 268 valence electrons. The number of hydrogen-bond acceptors (Lipinski definition) is 11. The van der Waals surface area contributed by atoms with Gasteiger partial charge in [0.15, 0.2) is 23.6 Å². The van der Waals surface area contributed by atoms with Gasteiger partial charge in [0, 0.05) is 38.9 Å². The zero-order valence-electron chi connectivity index (χ0n) is 29.0. The van der Waals surface area contributed by atoms with E-state index in [-0.39, 0.29) is 76.3 Å². The summed E-state index contributed by atoms with van der Waals surface area (Å²) >= 11 is 0. The fourth-order valence-corrected chi connectivity index (χ4v) is 4.52. The van der Waals surface area contributed by atoms with Crippen LogP contribution in [0.3, 0.4) is 0 Å². The molecule has 13 heteroatoms. The summed E-state index contributed by atoms with van der Waals surface area (Å²) in [6, 6.07) is 41.7. The average molecular weight is 736 g/mol. The molecule has 0 heterocycles. The van der Waals surface area contributed by atoms with Crippen LogP contribution in [-0.4, -0.2) is 49.3 Å². The molecule has 0 aliphatic heterocycles. The van der Waals surface area contributed by atoms with Gasteiger partial charge in [0.05, 0.1) is 12.2 Å². The molecule has 6 aromatic rings. The summed E-state index contributed by atoms with van der Waals surface area (Å²) in [6.07, 6.45) is 0.525. The number of aliphatic hydroxyl groups is 1. The number of phenols is 3. The van der Waals surface area contributed by atoms with Crippen LogP contribution in [0, 0.1) is 5.53 Å². The number of benzene rings is 6. The third kappa shape index (κ3) is 13.4. The van der Waals surface area contributed by atoms with E-state index in [1.165, 1.54) is 42.5 Å². The van der Waals surface area contributed by atoms with Crippen molar-refractivity contribution in [2.24, 2.45) is 5.22 Å². The number of aliphatic hydroxyl groups excluding tert-OH is 1. The van der Waals surface area contributed by atoms with Crippen LogP contribution in [0.5, 0.6) is 17.2 Å². The fraction of sp³-hybridized carbons (Fsp3) is 0.0244. The smallest absolute Gasteiger partial charge is 0.508 e. The summed E-state index contributed by atoms with van der Waals surface area (Å²) in [6.45, 7) is -0.290. The van der Waals surface area contributed by atoms with E-state index < -0.39 is 0 Å². The third-order valence-corrected chi connectivity index (χ3v) is 7.21. The van der Waals surface area contributed by atoms with Crippen molar-refractivity contribution in [3.05, 3.63) is 202 Å². The first-order chi connectivity index (χ1) is 25.6. The van der Waals surface area contributed by atoms with Gasteiger partial charge < -0.3 is 31.2 Å². The van der Waals surface area contributed by atoms with Crippen molar-refractivity contribution in [3.8, 4) is 17.2 Å². The van der Waals surface area contributed by atoms with Gasteiger partial charge in [0.1, 0.15) is 17.2 Å². The number of carbonyl (C=O) groups excluding carboxylic acids is 4. The predicted molar refractivity (Wildman–Crippen MR) is 196 cm³/mol. The van der Waals surface area contributed by atoms with Crippen LogP contribution in [0.1, 0.15) is 63.7 Å². The third-order valence-electron chi connectivity index (χ3n) is 7.21. The van der Waals surface area contributed by atoms with E-state index in [0.29, 0.717) is 45.2 Å². The van der Waals surface area contributed by atoms with Gasteiger partial charge in [0.2, 0.25) is 0 Å². The molecule has 0 radical (unpaired) electrons. The second kappa shape index (κ2) is 23.3. The molecule has 6 rings (SSSR count). The van der Waals surface area contributed by atoms with Crippen molar-refractivity contribution >= 4 is 23.6 Å². The SMILES string of the molecule is N=N[N-]O.O=C(c1ccccc1)c1ccc(O)c(CO)c1.O=C(c1ccccc1)c1ccc(O)cc1.O=Cc1cc(C(=O)c2ccccc2)ccc1O.[Na+]. The number of hydrogen-bond donors (Lipinski definition) is 6. The van der Waals surface area contributed by atoms with Gasteiger partial charge in [-0.25, -0.2) is 0 Å². The minimum atomic E-state index is -0.290. The van der Waals surface area contributed by atoms with Gasteiger partial charge in [-0.3, -0.25) is 30.0 Å². The summed E-state index contributed by atoms with van der Waals surface area (Å²) in [5.41, 5.74) is 11.4. The Morgan fingerprint density at radius 3 is 1.30 bits per heavy atom. The van der Waals surface area contributed by atoms with Crippen LogP contribution in [-0.2, 0) is 6.61 Å². The van der Waals surface area contributed by atoms with Gasteiger partial charge in [0.25, 0.3) is 0 Å². The Bertz CT molecular complexity index is 2120. The van der Waals surface area contributed by atoms with Gasteiger partial charge in [-0.1, -0.05) is 91.0 Å². The van der Waals surface area contributed by atoms with Gasteiger partial charge in [-0.15, -0.1) is 0 Å². The molecule has 0 saturated carbocycles. The van der Waals surface area contributed by atoms with Gasteiger partial charge >= 0.3 is 29.6 Å². The van der Waals surface area contributed by atoms with Crippen molar-refractivity contribution in [3.63, 3.8) is 0 Å². The van der Waals surface area contributed by atoms with Crippen LogP contribution in [0.2, 0.25) is 0 Å². The minimum absolute atomic E-state index is 0. The van der Waals surface area contributed by atoms with E-state index in [2.05, 4.69) is 5.22 Å². The van der Waals surface area contributed by atoms with E-state index in [9.17, 15) is 29.4 Å². The maximum absolute atomic E-state index is 12.1. The number of aldehydes is 1. The van der Waals surface area contributed by atoms with Crippen LogP contribution >= 0.6 is 0 Å². The van der Waals surface area contributed by atoms with Crippen LogP contribution < -0.4 is 29.6 Å². The quantitative estimate of drug-likeness (QED) is 0.0392. The second-order valence-corrected chi connectivity index (χ2v) is 10.7. The molecule has 6 aromatic carbocycles. The van der Waals surface area contributed by atoms with Crippen LogP contribution in [0.4, 0.5) is 0 Å². The van der Waals surface area contributed by atoms with Crippen molar-refractivity contribution < 1.29 is 74.4 Å². The van der Waals surface area contributed by atoms with E-state index in [1.54, 1.807) is 78.9 Å². The summed E-state index contributed by atoms with van der Waals surface area (Å²) in [5, 5.41) is 46.2. The topological polar surface area (TPSA) is 220 Å². The molecule has 12 nitrogen and oxygen atoms in total. The molecule has 0 aliphatic rings. The first-order valence-electron chi connectivity index (χ1n) is 15.6. The molecule has 0 saturated heterocycles. The van der Waals surface area contributed by atoms with Crippen molar-refractivity contribution in [1.29, 1.82) is 5.53 Å². The maximum atomic E-state index is 12.1. The number of nitrogens with one attached hydrogen (secondary N) is 1. The van der Waals surface area contributed by atoms with Crippen LogP contribution in [0.15, 0.2) is 157 Å². The number of ketones is 3. The molecular formula is C41H34N3NaO9. The molecule has 0 fully saturated rings. The Kier molecular flexibility index (Phi) is 18.9. The van der Waals surface area contributed by atoms with E-state index >= 15 is 0 Å². The Morgan fingerprint density at radius 1 is 0.556 bits per heavy atom. The molecule has 0 atom stereocenters. The molecular weight excluding hydrogens is 701 g/mol. The molecule has 0 spiro atoms.